The van der Waals surface area contributed by atoms with Crippen LogP contribution in [0.15, 0.2) is 42.5 Å². The van der Waals surface area contributed by atoms with Crippen LogP contribution in [0.5, 0.6) is 11.5 Å². The number of hydrogen-bond donors (Lipinski definition) is 2. The summed E-state index contributed by atoms with van der Waals surface area (Å²) in [7, 11) is 1.60. The third-order valence-electron chi connectivity index (χ3n) is 3.75. The van der Waals surface area contributed by atoms with Crippen LogP contribution in [0.3, 0.4) is 0 Å². The summed E-state index contributed by atoms with van der Waals surface area (Å²) in [6.45, 7) is 3.88. The van der Waals surface area contributed by atoms with E-state index < -0.39 is 11.4 Å². The molecule has 0 atom stereocenters. The van der Waals surface area contributed by atoms with Gasteiger partial charge in [-0.2, -0.15) is 0 Å². The van der Waals surface area contributed by atoms with Crippen molar-refractivity contribution in [1.82, 2.24) is 0 Å². The molecule has 0 aliphatic carbocycles. The van der Waals surface area contributed by atoms with Gasteiger partial charge in [-0.25, -0.2) is 4.79 Å². The summed E-state index contributed by atoms with van der Waals surface area (Å²) < 4.78 is 5.13. The fourth-order valence-corrected chi connectivity index (χ4v) is 2.38. The van der Waals surface area contributed by atoms with Crippen LogP contribution in [0, 0.1) is 0 Å². The van der Waals surface area contributed by atoms with Crippen LogP contribution >= 0.6 is 0 Å². The highest BCUT2D eigenvalue weighted by Crippen LogP contribution is 2.38. The Kier molecular flexibility index (Phi) is 3.89. The zero-order valence-electron chi connectivity index (χ0n) is 12.3. The fourth-order valence-electron chi connectivity index (χ4n) is 2.38. The average molecular weight is 286 g/mol. The zero-order chi connectivity index (χ0) is 15.6. The summed E-state index contributed by atoms with van der Waals surface area (Å²) >= 11 is 0. The molecule has 2 aromatic rings. The van der Waals surface area contributed by atoms with Crippen molar-refractivity contribution >= 4 is 5.97 Å². The average Bonchev–Trinajstić information content (AvgIpc) is 2.47. The number of rotatable bonds is 4. The normalized spacial score (nSPS) is 11.2. The monoisotopic (exact) mass is 286 g/mol. The number of aromatic carboxylic acids is 1. The molecule has 0 unspecified atom stereocenters. The number of ether oxygens (including phenoxy) is 1. The van der Waals surface area contributed by atoms with Gasteiger partial charge in [0.15, 0.2) is 0 Å². The van der Waals surface area contributed by atoms with Crippen LogP contribution in [0.2, 0.25) is 0 Å². The van der Waals surface area contributed by atoms with E-state index in [4.69, 9.17) is 9.84 Å². The van der Waals surface area contributed by atoms with Crippen LogP contribution in [0.4, 0.5) is 0 Å². The van der Waals surface area contributed by atoms with Gasteiger partial charge in [0.05, 0.1) is 7.11 Å². The molecular weight excluding hydrogens is 268 g/mol. The highest BCUT2D eigenvalue weighted by molar-refractivity contribution is 5.91. The first-order valence-corrected chi connectivity index (χ1v) is 6.58. The second kappa shape index (κ2) is 5.48. The van der Waals surface area contributed by atoms with Crippen molar-refractivity contribution in [3.63, 3.8) is 0 Å². The van der Waals surface area contributed by atoms with E-state index in [1.165, 1.54) is 6.07 Å². The second-order valence-corrected chi connectivity index (χ2v) is 5.36. The minimum Gasteiger partial charge on any atom is -0.507 e. The molecule has 0 aliphatic heterocycles. The largest absolute Gasteiger partial charge is 0.507 e. The van der Waals surface area contributed by atoms with Crippen LogP contribution < -0.4 is 4.74 Å². The molecule has 4 heteroatoms. The van der Waals surface area contributed by atoms with Gasteiger partial charge in [-0.1, -0.05) is 38.1 Å². The topological polar surface area (TPSA) is 66.8 Å². The first-order chi connectivity index (χ1) is 9.87. The van der Waals surface area contributed by atoms with Crippen LogP contribution in [0.25, 0.3) is 0 Å². The van der Waals surface area contributed by atoms with Crippen LogP contribution in [0.1, 0.15) is 35.3 Å². The summed E-state index contributed by atoms with van der Waals surface area (Å²) in [5.41, 5.74) is 0.921. The van der Waals surface area contributed by atoms with E-state index in [2.05, 4.69) is 0 Å². The maximum absolute atomic E-state index is 11.1. The van der Waals surface area contributed by atoms with E-state index >= 15 is 0 Å². The van der Waals surface area contributed by atoms with E-state index in [0.717, 1.165) is 11.3 Å². The van der Waals surface area contributed by atoms with Gasteiger partial charge in [0.1, 0.15) is 17.1 Å². The lowest BCUT2D eigenvalue weighted by Gasteiger charge is -2.27. The Morgan fingerprint density at radius 1 is 1.10 bits per heavy atom. The Morgan fingerprint density at radius 2 is 1.71 bits per heavy atom. The number of carbonyl (C=O) groups is 1. The molecule has 0 amide bonds. The SMILES string of the molecule is COc1ccc(C(C)(C)c2cccc(C(=O)O)c2O)cc1. The van der Waals surface area contributed by atoms with Crippen molar-refractivity contribution in [3.05, 3.63) is 59.2 Å². The molecule has 0 saturated heterocycles. The lowest BCUT2D eigenvalue weighted by Crippen LogP contribution is -2.19. The third kappa shape index (κ3) is 2.70. The van der Waals surface area contributed by atoms with E-state index in [0.29, 0.717) is 5.56 Å². The van der Waals surface area contributed by atoms with Gasteiger partial charge in [-0.05, 0) is 23.8 Å². The van der Waals surface area contributed by atoms with E-state index in [1.807, 2.05) is 38.1 Å². The van der Waals surface area contributed by atoms with Gasteiger partial charge in [-0.3, -0.25) is 0 Å². The molecule has 4 nitrogen and oxygen atoms in total. The lowest BCUT2D eigenvalue weighted by molar-refractivity contribution is 0.0693. The van der Waals surface area contributed by atoms with E-state index in [9.17, 15) is 9.90 Å². The summed E-state index contributed by atoms with van der Waals surface area (Å²) in [6.07, 6.45) is 0. The van der Waals surface area contributed by atoms with Crippen LogP contribution in [-0.4, -0.2) is 23.3 Å². The Morgan fingerprint density at radius 3 is 2.24 bits per heavy atom. The number of phenols is 1. The van der Waals surface area contributed by atoms with Crippen molar-refractivity contribution < 1.29 is 19.7 Å². The maximum Gasteiger partial charge on any atom is 0.339 e. The Balaban J connectivity index is 2.52. The summed E-state index contributed by atoms with van der Waals surface area (Å²) in [5, 5.41) is 19.4. The quantitative estimate of drug-likeness (QED) is 0.903. The highest BCUT2D eigenvalue weighted by atomic mass is 16.5. The van der Waals surface area contributed by atoms with Gasteiger partial charge in [0.25, 0.3) is 0 Å². The molecule has 0 aromatic heterocycles. The molecular formula is C17H18O4. The molecule has 0 bridgehead atoms. The molecule has 21 heavy (non-hydrogen) atoms. The first-order valence-electron chi connectivity index (χ1n) is 6.58. The zero-order valence-corrected chi connectivity index (χ0v) is 12.3. The number of carboxylic acid groups (broad SMARTS) is 1. The van der Waals surface area contributed by atoms with E-state index in [1.54, 1.807) is 19.2 Å². The summed E-state index contributed by atoms with van der Waals surface area (Å²) in [6, 6.07) is 12.3. The number of methoxy groups -OCH3 is 1. The second-order valence-electron chi connectivity index (χ2n) is 5.36. The molecule has 0 spiro atoms. The molecule has 2 aromatic carbocycles. The predicted octanol–water partition coefficient (Wildman–Crippen LogP) is 3.42. The number of hydrogen-bond acceptors (Lipinski definition) is 3. The molecule has 110 valence electrons. The molecule has 2 rings (SSSR count). The standard InChI is InChI=1S/C17H18O4/c1-17(2,11-7-9-12(21-3)10-8-11)14-6-4-5-13(15(14)18)16(19)20/h4-10,18H,1-3H3,(H,19,20). The molecule has 0 heterocycles. The molecule has 2 N–H and O–H groups in total. The van der Waals surface area contributed by atoms with Gasteiger partial charge < -0.3 is 14.9 Å². The van der Waals surface area contributed by atoms with Gasteiger partial charge in [0.2, 0.25) is 0 Å². The Bertz CT molecular complexity index is 657. The minimum atomic E-state index is -1.14. The van der Waals surface area contributed by atoms with Gasteiger partial charge >= 0.3 is 5.97 Å². The van der Waals surface area contributed by atoms with Crippen molar-refractivity contribution in [2.45, 2.75) is 19.3 Å². The molecule has 0 radical (unpaired) electrons. The van der Waals surface area contributed by atoms with Crippen molar-refractivity contribution in [2.75, 3.05) is 7.11 Å². The molecule has 0 aliphatic rings. The van der Waals surface area contributed by atoms with Crippen molar-refractivity contribution in [2.24, 2.45) is 0 Å². The van der Waals surface area contributed by atoms with Crippen LogP contribution in [-0.2, 0) is 5.41 Å². The maximum atomic E-state index is 11.1. The number of benzene rings is 2. The number of carboxylic acids is 1. The number of aromatic hydroxyl groups is 1. The van der Waals surface area contributed by atoms with E-state index in [-0.39, 0.29) is 11.3 Å². The molecule has 0 fully saturated rings. The Hall–Kier alpha value is -2.49. The van der Waals surface area contributed by atoms with Gasteiger partial charge in [0, 0.05) is 11.0 Å². The molecule has 0 saturated carbocycles. The lowest BCUT2D eigenvalue weighted by atomic mass is 9.77. The summed E-state index contributed by atoms with van der Waals surface area (Å²) in [5.74, 6) is -0.580. The predicted molar refractivity (Wildman–Crippen MR) is 80.2 cm³/mol. The Labute approximate surface area is 123 Å². The van der Waals surface area contributed by atoms with Crippen molar-refractivity contribution in [1.29, 1.82) is 0 Å². The highest BCUT2D eigenvalue weighted by Gasteiger charge is 2.28. The van der Waals surface area contributed by atoms with Crippen molar-refractivity contribution in [3.8, 4) is 11.5 Å². The first kappa shape index (κ1) is 14.9. The summed E-state index contributed by atoms with van der Waals surface area (Å²) in [4.78, 5) is 11.1. The fraction of sp³-hybridized carbons (Fsp3) is 0.235. The van der Waals surface area contributed by atoms with Gasteiger partial charge in [-0.15, -0.1) is 0 Å². The number of para-hydroxylation sites is 1. The smallest absolute Gasteiger partial charge is 0.339 e. The minimum absolute atomic E-state index is 0.0888. The third-order valence-corrected chi connectivity index (χ3v) is 3.75.